The molecule has 0 bridgehead atoms. The number of amides is 2. The quantitative estimate of drug-likeness (QED) is 0.882. The maximum absolute atomic E-state index is 12.3. The minimum Gasteiger partial charge on any atom is -0.481 e. The first-order valence-electron chi connectivity index (χ1n) is 7.31. The summed E-state index contributed by atoms with van der Waals surface area (Å²) in [5, 5.41) is 8.69. The van der Waals surface area contributed by atoms with Crippen LogP contribution in [0.2, 0.25) is 0 Å². The summed E-state index contributed by atoms with van der Waals surface area (Å²) in [4.78, 5) is 42.5. The second kappa shape index (κ2) is 5.75. The van der Waals surface area contributed by atoms with Gasteiger partial charge in [-0.2, -0.15) is 0 Å². The van der Waals surface area contributed by atoms with Crippen LogP contribution in [0.1, 0.15) is 25.7 Å². The molecule has 0 aromatic carbocycles. The van der Waals surface area contributed by atoms with Gasteiger partial charge in [0.25, 0.3) is 0 Å². The highest BCUT2D eigenvalue weighted by Gasteiger charge is 2.48. The third kappa shape index (κ3) is 2.54. The molecule has 2 amide bonds. The monoisotopic (exact) mass is 303 g/mol. The summed E-state index contributed by atoms with van der Waals surface area (Å²) in [7, 11) is 0. The number of fused-ring (bicyclic) bond motifs is 1. The SMILES string of the molecule is O=C(O)CCC(=O)N1CC[C@@H]2[C@@H]1CC(=O)N2c1cccnc1. The molecule has 2 atom stereocenters. The summed E-state index contributed by atoms with van der Waals surface area (Å²) in [5.74, 6) is -1.18. The van der Waals surface area contributed by atoms with Gasteiger partial charge in [0.2, 0.25) is 11.8 Å². The molecule has 0 unspecified atom stereocenters. The van der Waals surface area contributed by atoms with Crippen molar-refractivity contribution in [1.82, 2.24) is 9.88 Å². The fourth-order valence-electron chi connectivity index (χ4n) is 3.35. The zero-order chi connectivity index (χ0) is 15.7. The lowest BCUT2D eigenvalue weighted by Crippen LogP contribution is -2.40. The number of hydrogen-bond donors (Lipinski definition) is 1. The van der Waals surface area contributed by atoms with E-state index in [0.29, 0.717) is 19.4 Å². The van der Waals surface area contributed by atoms with Crippen LogP contribution in [0.3, 0.4) is 0 Å². The van der Waals surface area contributed by atoms with Crippen molar-refractivity contribution in [2.45, 2.75) is 37.8 Å². The smallest absolute Gasteiger partial charge is 0.303 e. The molecule has 0 radical (unpaired) electrons. The standard InChI is InChI=1S/C15H17N3O4/c19-13(3-4-15(21)22)17-7-5-11-12(17)8-14(20)18(11)10-2-1-6-16-9-10/h1-2,6,9,11-12H,3-5,7-8H2,(H,21,22)/t11-,12+/m1/s1. The first-order valence-corrected chi connectivity index (χ1v) is 7.31. The summed E-state index contributed by atoms with van der Waals surface area (Å²) in [6, 6.07) is 3.42. The molecule has 2 fully saturated rings. The molecule has 0 aliphatic carbocycles. The van der Waals surface area contributed by atoms with Crippen molar-refractivity contribution in [3.63, 3.8) is 0 Å². The topological polar surface area (TPSA) is 90.8 Å². The van der Waals surface area contributed by atoms with E-state index < -0.39 is 5.97 Å². The van der Waals surface area contributed by atoms with Gasteiger partial charge in [-0.05, 0) is 18.6 Å². The van der Waals surface area contributed by atoms with Crippen molar-refractivity contribution in [3.05, 3.63) is 24.5 Å². The Hall–Kier alpha value is -2.44. The van der Waals surface area contributed by atoms with Crippen LogP contribution < -0.4 is 4.90 Å². The predicted octanol–water partition coefficient (Wildman–Crippen LogP) is 0.653. The van der Waals surface area contributed by atoms with Crippen LogP contribution in [0.5, 0.6) is 0 Å². The number of likely N-dealkylation sites (tertiary alicyclic amines) is 1. The van der Waals surface area contributed by atoms with E-state index in [9.17, 15) is 14.4 Å². The maximum atomic E-state index is 12.3. The normalized spacial score (nSPS) is 23.7. The Morgan fingerprint density at radius 3 is 2.82 bits per heavy atom. The molecule has 2 saturated heterocycles. The zero-order valence-corrected chi connectivity index (χ0v) is 12.0. The summed E-state index contributed by atoms with van der Waals surface area (Å²) < 4.78 is 0. The number of anilines is 1. The first-order chi connectivity index (χ1) is 10.6. The number of carbonyl (C=O) groups is 3. The van der Waals surface area contributed by atoms with Gasteiger partial charge < -0.3 is 14.9 Å². The number of rotatable bonds is 4. The van der Waals surface area contributed by atoms with Crippen molar-refractivity contribution in [3.8, 4) is 0 Å². The van der Waals surface area contributed by atoms with Crippen LogP contribution in [0.15, 0.2) is 24.5 Å². The second-order valence-corrected chi connectivity index (χ2v) is 5.58. The van der Waals surface area contributed by atoms with E-state index in [-0.39, 0.29) is 36.7 Å². The number of nitrogens with zero attached hydrogens (tertiary/aromatic N) is 3. The summed E-state index contributed by atoms with van der Waals surface area (Å²) in [6.07, 6.45) is 4.11. The van der Waals surface area contributed by atoms with E-state index in [1.54, 1.807) is 28.3 Å². The Balaban J connectivity index is 1.74. The van der Waals surface area contributed by atoms with E-state index in [2.05, 4.69) is 4.98 Å². The van der Waals surface area contributed by atoms with Gasteiger partial charge in [0.1, 0.15) is 0 Å². The Morgan fingerprint density at radius 1 is 1.32 bits per heavy atom. The number of aliphatic carboxylic acids is 1. The van der Waals surface area contributed by atoms with Gasteiger partial charge in [-0.3, -0.25) is 19.4 Å². The highest BCUT2D eigenvalue weighted by atomic mass is 16.4. The van der Waals surface area contributed by atoms with Crippen molar-refractivity contribution in [2.75, 3.05) is 11.4 Å². The molecule has 3 heterocycles. The lowest BCUT2D eigenvalue weighted by atomic mass is 10.1. The number of pyridine rings is 1. The molecule has 3 rings (SSSR count). The molecule has 0 spiro atoms. The molecule has 1 aromatic heterocycles. The minimum absolute atomic E-state index is 0.0142. The maximum Gasteiger partial charge on any atom is 0.303 e. The van der Waals surface area contributed by atoms with Crippen LogP contribution >= 0.6 is 0 Å². The van der Waals surface area contributed by atoms with Crippen LogP contribution in [-0.2, 0) is 14.4 Å². The van der Waals surface area contributed by atoms with Gasteiger partial charge in [-0.1, -0.05) is 0 Å². The average molecular weight is 303 g/mol. The molecule has 1 N–H and O–H groups in total. The third-order valence-corrected chi connectivity index (χ3v) is 4.29. The van der Waals surface area contributed by atoms with Gasteiger partial charge in [0.05, 0.1) is 30.4 Å². The van der Waals surface area contributed by atoms with Gasteiger partial charge >= 0.3 is 5.97 Å². The van der Waals surface area contributed by atoms with E-state index >= 15 is 0 Å². The van der Waals surface area contributed by atoms with Gasteiger partial charge in [0.15, 0.2) is 0 Å². The first kappa shape index (κ1) is 14.5. The van der Waals surface area contributed by atoms with Crippen molar-refractivity contribution >= 4 is 23.5 Å². The predicted molar refractivity (Wildman–Crippen MR) is 77.1 cm³/mol. The number of carboxylic acid groups (broad SMARTS) is 1. The van der Waals surface area contributed by atoms with E-state index in [1.807, 2.05) is 6.07 Å². The van der Waals surface area contributed by atoms with E-state index in [0.717, 1.165) is 5.69 Å². The van der Waals surface area contributed by atoms with Crippen molar-refractivity contribution in [1.29, 1.82) is 0 Å². The largest absolute Gasteiger partial charge is 0.481 e. The summed E-state index contributed by atoms with van der Waals surface area (Å²) in [6.45, 7) is 0.567. The lowest BCUT2D eigenvalue weighted by molar-refractivity contribution is -0.141. The molecule has 22 heavy (non-hydrogen) atoms. The van der Waals surface area contributed by atoms with Gasteiger partial charge in [0, 0.05) is 25.6 Å². The molecule has 7 nitrogen and oxygen atoms in total. The molecule has 116 valence electrons. The van der Waals surface area contributed by atoms with E-state index in [4.69, 9.17) is 5.11 Å². The molecule has 2 aliphatic heterocycles. The Bertz CT molecular complexity index is 604. The molecule has 7 heteroatoms. The number of hydrogen-bond acceptors (Lipinski definition) is 4. The molecule has 0 saturated carbocycles. The Kier molecular flexibility index (Phi) is 3.79. The van der Waals surface area contributed by atoms with Gasteiger partial charge in [-0.25, -0.2) is 0 Å². The zero-order valence-electron chi connectivity index (χ0n) is 12.0. The summed E-state index contributed by atoms with van der Waals surface area (Å²) >= 11 is 0. The van der Waals surface area contributed by atoms with Crippen LogP contribution in [0.25, 0.3) is 0 Å². The molecule has 1 aromatic rings. The number of carbonyl (C=O) groups excluding carboxylic acids is 2. The molecular formula is C15H17N3O4. The lowest BCUT2D eigenvalue weighted by Gasteiger charge is -2.25. The van der Waals surface area contributed by atoms with Crippen LogP contribution in [0.4, 0.5) is 5.69 Å². The van der Waals surface area contributed by atoms with Crippen LogP contribution in [-0.4, -0.2) is 51.4 Å². The Morgan fingerprint density at radius 2 is 2.14 bits per heavy atom. The second-order valence-electron chi connectivity index (χ2n) is 5.58. The number of carboxylic acids is 1. The minimum atomic E-state index is -0.983. The van der Waals surface area contributed by atoms with Gasteiger partial charge in [-0.15, -0.1) is 0 Å². The molecular weight excluding hydrogens is 286 g/mol. The summed E-state index contributed by atoms with van der Waals surface area (Å²) in [5.41, 5.74) is 0.750. The van der Waals surface area contributed by atoms with E-state index in [1.165, 1.54) is 0 Å². The fourth-order valence-corrected chi connectivity index (χ4v) is 3.35. The Labute approximate surface area is 127 Å². The fraction of sp³-hybridized carbons (Fsp3) is 0.467. The average Bonchev–Trinajstić information content (AvgIpc) is 3.03. The van der Waals surface area contributed by atoms with Crippen molar-refractivity contribution < 1.29 is 19.5 Å². The van der Waals surface area contributed by atoms with Crippen molar-refractivity contribution in [2.24, 2.45) is 0 Å². The highest BCUT2D eigenvalue weighted by molar-refractivity contribution is 5.98. The number of aromatic nitrogens is 1. The van der Waals surface area contributed by atoms with Crippen LogP contribution in [0, 0.1) is 0 Å². The molecule has 2 aliphatic rings. The highest BCUT2D eigenvalue weighted by Crippen LogP contribution is 2.35. The third-order valence-electron chi connectivity index (χ3n) is 4.29.